The molecule has 2 atom stereocenters. The van der Waals surface area contributed by atoms with E-state index in [2.05, 4.69) is 89.5 Å². The Balaban J connectivity index is 1.30. The molecule has 1 aliphatic heterocycles. The van der Waals surface area contributed by atoms with Gasteiger partial charge in [-0.1, -0.05) is 54.6 Å². The van der Waals surface area contributed by atoms with Crippen molar-refractivity contribution in [1.29, 1.82) is 10.5 Å². The number of nitriles is 2. The number of hydrogen-bond donors (Lipinski definition) is 0. The van der Waals surface area contributed by atoms with Gasteiger partial charge in [-0.2, -0.15) is 10.5 Å². The second-order valence-electron chi connectivity index (χ2n) is 11.0. The maximum atomic E-state index is 10.4. The highest BCUT2D eigenvalue weighted by atomic mass is 16.5. The third kappa shape index (κ3) is 3.25. The third-order valence-electron chi connectivity index (χ3n) is 8.81. The van der Waals surface area contributed by atoms with Gasteiger partial charge >= 0.3 is 0 Å². The van der Waals surface area contributed by atoms with Crippen molar-refractivity contribution in [3.63, 3.8) is 0 Å². The molecule has 200 valence electrons. The maximum Gasteiger partial charge on any atom is 0.135 e. The fraction of sp³-hybridized carbons (Fsp3) is 0.0526. The van der Waals surface area contributed by atoms with Crippen molar-refractivity contribution in [3.8, 4) is 23.6 Å². The number of allylic oxidation sites excluding steroid dienone is 2. The lowest BCUT2D eigenvalue weighted by Crippen LogP contribution is -2.17. The first-order chi connectivity index (χ1) is 21.2. The molecule has 0 spiro atoms. The van der Waals surface area contributed by atoms with Crippen LogP contribution in [0.2, 0.25) is 0 Å². The number of nitrogens with zero attached hydrogens (tertiary/aromatic N) is 3. The average Bonchev–Trinajstić information content (AvgIpc) is 3.72. The van der Waals surface area contributed by atoms with E-state index >= 15 is 0 Å². The first-order valence-electron chi connectivity index (χ1n) is 14.2. The van der Waals surface area contributed by atoms with Gasteiger partial charge < -0.3 is 13.7 Å². The summed E-state index contributed by atoms with van der Waals surface area (Å²) in [5, 5.41) is 24.1. The molecule has 0 fully saturated rings. The van der Waals surface area contributed by atoms with Crippen molar-refractivity contribution in [2.24, 2.45) is 0 Å². The van der Waals surface area contributed by atoms with Crippen LogP contribution in [0.1, 0.15) is 28.2 Å². The number of furan rings is 1. The molecule has 43 heavy (non-hydrogen) atoms. The van der Waals surface area contributed by atoms with Gasteiger partial charge in [0.15, 0.2) is 0 Å². The summed E-state index contributed by atoms with van der Waals surface area (Å²) in [6.45, 7) is 0. The molecule has 0 radical (unpaired) electrons. The number of aromatic nitrogens is 1. The molecule has 9 rings (SSSR count). The number of benzene rings is 5. The zero-order valence-electron chi connectivity index (χ0n) is 22.8. The highest BCUT2D eigenvalue weighted by molar-refractivity contribution is 6.10. The van der Waals surface area contributed by atoms with Crippen LogP contribution in [0.25, 0.3) is 55.0 Å². The predicted molar refractivity (Wildman–Crippen MR) is 168 cm³/mol. The molecule has 2 aliphatic rings. The lowest BCUT2D eigenvalue weighted by atomic mass is 9.83. The van der Waals surface area contributed by atoms with Crippen LogP contribution in [-0.4, -0.2) is 10.7 Å². The number of fused-ring (bicyclic) bond motifs is 10. The molecule has 0 N–H and O–H groups in total. The first kappa shape index (κ1) is 23.6. The Morgan fingerprint density at radius 1 is 0.721 bits per heavy atom. The van der Waals surface area contributed by atoms with E-state index in [1.54, 1.807) is 6.07 Å². The molecule has 0 saturated carbocycles. The van der Waals surface area contributed by atoms with Crippen LogP contribution < -0.4 is 4.74 Å². The quantitative estimate of drug-likeness (QED) is 0.215. The summed E-state index contributed by atoms with van der Waals surface area (Å²) in [4.78, 5) is 0. The van der Waals surface area contributed by atoms with Crippen molar-refractivity contribution >= 4 is 49.3 Å². The Morgan fingerprint density at radius 3 is 2.26 bits per heavy atom. The van der Waals surface area contributed by atoms with Gasteiger partial charge in [-0.15, -0.1) is 0 Å². The van der Waals surface area contributed by atoms with E-state index in [1.807, 2.05) is 36.4 Å². The Kier molecular flexibility index (Phi) is 4.80. The van der Waals surface area contributed by atoms with E-state index in [9.17, 15) is 10.5 Å². The monoisotopic (exact) mass is 551 g/mol. The number of para-hydroxylation sites is 2. The van der Waals surface area contributed by atoms with Gasteiger partial charge in [0.1, 0.15) is 23.0 Å². The summed E-state index contributed by atoms with van der Waals surface area (Å²) >= 11 is 0. The zero-order chi connectivity index (χ0) is 28.7. The Labute approximate surface area is 246 Å². The van der Waals surface area contributed by atoms with E-state index in [0.717, 1.165) is 61.1 Å². The first-order valence-corrected chi connectivity index (χ1v) is 14.2. The molecule has 0 amide bonds. The summed E-state index contributed by atoms with van der Waals surface area (Å²) in [6, 6.07) is 36.9. The molecule has 2 aromatic heterocycles. The van der Waals surface area contributed by atoms with Crippen molar-refractivity contribution < 1.29 is 9.15 Å². The van der Waals surface area contributed by atoms with Crippen LogP contribution in [0, 0.1) is 22.7 Å². The molecule has 5 nitrogen and oxygen atoms in total. The highest BCUT2D eigenvalue weighted by Crippen LogP contribution is 2.50. The summed E-state index contributed by atoms with van der Waals surface area (Å²) in [5.41, 5.74) is 8.73. The largest absolute Gasteiger partial charge is 0.485 e. The van der Waals surface area contributed by atoms with E-state index in [1.165, 1.54) is 10.8 Å². The minimum absolute atomic E-state index is 0.0945. The van der Waals surface area contributed by atoms with Crippen LogP contribution in [0.3, 0.4) is 0 Å². The van der Waals surface area contributed by atoms with Crippen LogP contribution in [0.15, 0.2) is 120 Å². The van der Waals surface area contributed by atoms with Crippen LogP contribution in [0.5, 0.6) is 5.75 Å². The van der Waals surface area contributed by atoms with E-state index in [0.29, 0.717) is 11.1 Å². The van der Waals surface area contributed by atoms with E-state index in [-0.39, 0.29) is 12.0 Å². The molecular weight excluding hydrogens is 530 g/mol. The molecule has 7 aromatic rings. The molecule has 2 unspecified atom stereocenters. The molecule has 1 aliphatic carbocycles. The van der Waals surface area contributed by atoms with E-state index < -0.39 is 0 Å². The maximum absolute atomic E-state index is 10.4. The molecule has 0 bridgehead atoms. The molecule has 5 aromatic carbocycles. The van der Waals surface area contributed by atoms with Crippen molar-refractivity contribution in [2.45, 2.75) is 12.0 Å². The minimum atomic E-state index is -0.181. The predicted octanol–water partition coefficient (Wildman–Crippen LogP) is 8.92. The highest BCUT2D eigenvalue weighted by Gasteiger charge is 2.37. The topological polar surface area (TPSA) is 74.9 Å². The fourth-order valence-electron chi connectivity index (χ4n) is 7.02. The molecular formula is C38H21N3O2. The number of rotatable bonds is 2. The average molecular weight is 552 g/mol. The smallest absolute Gasteiger partial charge is 0.135 e. The fourth-order valence-corrected chi connectivity index (χ4v) is 7.02. The Bertz CT molecular complexity index is 2420. The normalized spacial score (nSPS) is 17.0. The molecule has 0 saturated heterocycles. The van der Waals surface area contributed by atoms with Gasteiger partial charge in [0.2, 0.25) is 0 Å². The van der Waals surface area contributed by atoms with Crippen LogP contribution in [0.4, 0.5) is 0 Å². The van der Waals surface area contributed by atoms with Crippen molar-refractivity contribution in [3.05, 3.63) is 138 Å². The summed E-state index contributed by atoms with van der Waals surface area (Å²) in [6.07, 6.45) is 6.23. The lowest BCUT2D eigenvalue weighted by Gasteiger charge is -2.22. The van der Waals surface area contributed by atoms with Gasteiger partial charge in [-0.25, -0.2) is 0 Å². The molecule has 5 heteroatoms. The van der Waals surface area contributed by atoms with Gasteiger partial charge in [-0.05, 0) is 66.2 Å². The van der Waals surface area contributed by atoms with Gasteiger partial charge in [0.05, 0.1) is 40.0 Å². The standard InChI is InChI=1S/C38H21N3O2/c39-20-22-12-14-32-27(18-22)37-34(42-32)16-17-35-38(37)28-19-23(13-15-33(28)43-35)36-24(21-40)6-5-11-31(36)41-29-9-3-1-7-25(29)26-8-2-4-10-30(26)41/h1-19,28,33H. The second kappa shape index (κ2) is 8.73. The van der Waals surface area contributed by atoms with Crippen molar-refractivity contribution in [2.75, 3.05) is 0 Å². The van der Waals surface area contributed by atoms with Gasteiger partial charge in [0.25, 0.3) is 0 Å². The SMILES string of the molecule is N#Cc1ccc2oc3ccc4c(c3c2c1)C1C=C(c2c(C#N)cccc2-n2c3ccccc3c3ccccc32)C=CC1O4. The number of ether oxygens (including phenoxy) is 1. The minimum Gasteiger partial charge on any atom is -0.485 e. The van der Waals surface area contributed by atoms with Crippen LogP contribution in [-0.2, 0) is 0 Å². The second-order valence-corrected chi connectivity index (χ2v) is 11.0. The summed E-state index contributed by atoms with van der Waals surface area (Å²) < 4.78 is 14.9. The number of hydrogen-bond acceptors (Lipinski definition) is 4. The Hall–Kier alpha value is -6.04. The van der Waals surface area contributed by atoms with E-state index in [4.69, 9.17) is 9.15 Å². The zero-order valence-corrected chi connectivity index (χ0v) is 22.8. The molecule has 3 heterocycles. The van der Waals surface area contributed by atoms with Gasteiger partial charge in [0, 0.05) is 38.6 Å². The third-order valence-corrected chi connectivity index (χ3v) is 8.81. The summed E-state index contributed by atoms with van der Waals surface area (Å²) in [5.74, 6) is 0.717. The van der Waals surface area contributed by atoms with Gasteiger partial charge in [-0.3, -0.25) is 0 Å². The summed E-state index contributed by atoms with van der Waals surface area (Å²) in [7, 11) is 0. The van der Waals surface area contributed by atoms with Crippen molar-refractivity contribution in [1.82, 2.24) is 4.57 Å². The lowest BCUT2D eigenvalue weighted by molar-refractivity contribution is 0.269. The van der Waals surface area contributed by atoms with Crippen LogP contribution >= 0.6 is 0 Å². The Morgan fingerprint density at radius 2 is 1.49 bits per heavy atom.